The van der Waals surface area contributed by atoms with E-state index >= 15 is 0 Å². The summed E-state index contributed by atoms with van der Waals surface area (Å²) in [5.74, 6) is -0.668. The van der Waals surface area contributed by atoms with Crippen molar-refractivity contribution in [1.29, 1.82) is 0 Å². The number of aromatic nitrogens is 2. The summed E-state index contributed by atoms with van der Waals surface area (Å²) >= 11 is 0. The molecule has 102 valence electrons. The fourth-order valence-corrected chi connectivity index (χ4v) is 4.17. The summed E-state index contributed by atoms with van der Waals surface area (Å²) in [6.45, 7) is 0. The van der Waals surface area contributed by atoms with Crippen molar-refractivity contribution >= 4 is 15.6 Å². The minimum atomic E-state index is -3.98. The highest BCUT2D eigenvalue weighted by Crippen LogP contribution is 2.39. The molecule has 1 aliphatic heterocycles. The minimum Gasteiger partial charge on any atom is -0.314 e. The number of hydrogen-bond donors (Lipinski definition) is 2. The van der Waals surface area contributed by atoms with Gasteiger partial charge in [-0.2, -0.15) is 0 Å². The number of rotatable bonds is 1. The Morgan fingerprint density at radius 1 is 1.05 bits per heavy atom. The van der Waals surface area contributed by atoms with Crippen molar-refractivity contribution in [3.05, 3.63) is 62.4 Å². The maximum atomic E-state index is 12.4. The largest absolute Gasteiger partial charge is 0.325 e. The molecule has 0 amide bonds. The van der Waals surface area contributed by atoms with E-state index in [9.17, 15) is 22.8 Å². The number of H-pyrrole nitrogens is 2. The number of carbonyl (C=O) groups is 1. The van der Waals surface area contributed by atoms with Crippen LogP contribution in [0.4, 0.5) is 0 Å². The molecule has 2 aromatic rings. The van der Waals surface area contributed by atoms with Crippen molar-refractivity contribution in [3.8, 4) is 0 Å². The SMILES string of the molecule is O=C1c2ccccc2S(=O)(=O)C1c1c[nH]c(=O)[nH]c1=O. The van der Waals surface area contributed by atoms with E-state index in [1.54, 1.807) is 6.07 Å². The van der Waals surface area contributed by atoms with Gasteiger partial charge in [0.2, 0.25) is 0 Å². The van der Waals surface area contributed by atoms with Crippen LogP contribution in [-0.4, -0.2) is 24.2 Å². The average Bonchev–Trinajstić information content (AvgIpc) is 2.60. The number of fused-ring (bicyclic) bond motifs is 1. The van der Waals surface area contributed by atoms with E-state index in [2.05, 4.69) is 4.98 Å². The van der Waals surface area contributed by atoms with Gasteiger partial charge in [-0.05, 0) is 6.07 Å². The third-order valence-electron chi connectivity index (χ3n) is 3.14. The molecule has 7 nitrogen and oxygen atoms in total. The van der Waals surface area contributed by atoms with Crippen molar-refractivity contribution in [2.24, 2.45) is 0 Å². The molecule has 0 fully saturated rings. The smallest absolute Gasteiger partial charge is 0.314 e. The minimum absolute atomic E-state index is 0.0584. The molecule has 3 rings (SSSR count). The van der Waals surface area contributed by atoms with E-state index in [4.69, 9.17) is 0 Å². The van der Waals surface area contributed by atoms with Gasteiger partial charge in [0.15, 0.2) is 20.9 Å². The summed E-state index contributed by atoms with van der Waals surface area (Å²) in [5.41, 5.74) is -1.88. The van der Waals surface area contributed by atoms with Gasteiger partial charge in [0.1, 0.15) is 0 Å². The van der Waals surface area contributed by atoms with E-state index in [1.165, 1.54) is 18.2 Å². The van der Waals surface area contributed by atoms with E-state index in [-0.39, 0.29) is 16.0 Å². The first-order chi connectivity index (χ1) is 9.43. The predicted molar refractivity (Wildman–Crippen MR) is 68.4 cm³/mol. The van der Waals surface area contributed by atoms with Gasteiger partial charge in [-0.1, -0.05) is 18.2 Å². The molecule has 1 unspecified atom stereocenters. The average molecular weight is 292 g/mol. The standard InChI is InChI=1S/C12H8N2O5S/c15-9-6-3-1-2-4-8(6)20(18,19)10(9)7-5-13-12(17)14-11(7)16/h1-5,10H,(H2,13,14,16,17). The van der Waals surface area contributed by atoms with Gasteiger partial charge in [-0.25, -0.2) is 13.2 Å². The normalized spacial score (nSPS) is 19.8. The van der Waals surface area contributed by atoms with Crippen LogP contribution in [-0.2, 0) is 9.84 Å². The molecule has 2 N–H and O–H groups in total. The quantitative estimate of drug-likeness (QED) is 0.753. The van der Waals surface area contributed by atoms with Crippen LogP contribution in [0.1, 0.15) is 21.2 Å². The van der Waals surface area contributed by atoms with Crippen molar-refractivity contribution in [3.63, 3.8) is 0 Å². The molecule has 0 saturated heterocycles. The van der Waals surface area contributed by atoms with Crippen LogP contribution in [0.3, 0.4) is 0 Å². The second kappa shape index (κ2) is 4.01. The lowest BCUT2D eigenvalue weighted by molar-refractivity contribution is 0.0989. The first kappa shape index (κ1) is 12.5. The van der Waals surface area contributed by atoms with Crippen LogP contribution in [0, 0.1) is 0 Å². The third-order valence-corrected chi connectivity index (χ3v) is 5.20. The molecule has 0 radical (unpaired) electrons. The van der Waals surface area contributed by atoms with Crippen LogP contribution < -0.4 is 11.2 Å². The van der Waals surface area contributed by atoms with Crippen LogP contribution in [0.25, 0.3) is 0 Å². The van der Waals surface area contributed by atoms with Crippen molar-refractivity contribution in [2.75, 3.05) is 0 Å². The maximum absolute atomic E-state index is 12.4. The molecular weight excluding hydrogens is 284 g/mol. The van der Waals surface area contributed by atoms with E-state index in [0.29, 0.717) is 0 Å². The number of benzene rings is 1. The van der Waals surface area contributed by atoms with Gasteiger partial charge >= 0.3 is 5.69 Å². The zero-order valence-corrected chi connectivity index (χ0v) is 10.7. The van der Waals surface area contributed by atoms with Gasteiger partial charge in [-0.3, -0.25) is 14.6 Å². The van der Waals surface area contributed by atoms with Crippen molar-refractivity contribution in [2.45, 2.75) is 10.1 Å². The van der Waals surface area contributed by atoms with E-state index < -0.39 is 32.1 Å². The Balaban J connectivity index is 2.30. The summed E-state index contributed by atoms with van der Waals surface area (Å²) in [6.07, 6.45) is 0.965. The molecular formula is C12H8N2O5S. The molecule has 0 spiro atoms. The van der Waals surface area contributed by atoms with Crippen molar-refractivity contribution < 1.29 is 13.2 Å². The number of aromatic amines is 2. The molecule has 1 aliphatic rings. The predicted octanol–water partition coefficient (Wildman–Crippen LogP) is -0.225. The topological polar surface area (TPSA) is 117 Å². The Morgan fingerprint density at radius 2 is 1.75 bits per heavy atom. The van der Waals surface area contributed by atoms with E-state index in [0.717, 1.165) is 6.20 Å². The molecule has 1 atom stereocenters. The molecule has 0 saturated carbocycles. The molecule has 1 aromatic heterocycles. The molecule has 20 heavy (non-hydrogen) atoms. The monoisotopic (exact) mass is 292 g/mol. The van der Waals surface area contributed by atoms with Gasteiger partial charge in [0.25, 0.3) is 5.56 Å². The summed E-state index contributed by atoms with van der Waals surface area (Å²) in [4.78, 5) is 38.9. The fourth-order valence-electron chi connectivity index (χ4n) is 2.25. The van der Waals surface area contributed by atoms with Crippen LogP contribution in [0.15, 0.2) is 44.9 Å². The number of ketones is 1. The van der Waals surface area contributed by atoms with Crippen LogP contribution in [0.2, 0.25) is 0 Å². The first-order valence-corrected chi connectivity index (χ1v) is 7.16. The summed E-state index contributed by atoms with van der Waals surface area (Å²) in [5, 5.41) is -1.61. The molecule has 0 aliphatic carbocycles. The summed E-state index contributed by atoms with van der Waals surface area (Å²) < 4.78 is 24.7. The van der Waals surface area contributed by atoms with Gasteiger partial charge in [0, 0.05) is 11.8 Å². The highest BCUT2D eigenvalue weighted by atomic mass is 32.2. The highest BCUT2D eigenvalue weighted by Gasteiger charge is 2.46. The second-order valence-corrected chi connectivity index (χ2v) is 6.31. The Morgan fingerprint density at radius 3 is 2.40 bits per heavy atom. The molecule has 0 bridgehead atoms. The Bertz CT molecular complexity index is 939. The number of Topliss-reactive ketones (excluding diaryl/α,β-unsaturated/α-hetero) is 1. The van der Waals surface area contributed by atoms with Crippen LogP contribution >= 0.6 is 0 Å². The number of sulfone groups is 1. The van der Waals surface area contributed by atoms with Gasteiger partial charge < -0.3 is 4.98 Å². The maximum Gasteiger partial charge on any atom is 0.325 e. The van der Waals surface area contributed by atoms with Gasteiger partial charge in [-0.15, -0.1) is 0 Å². The lowest BCUT2D eigenvalue weighted by Gasteiger charge is -2.06. The highest BCUT2D eigenvalue weighted by molar-refractivity contribution is 7.93. The summed E-state index contributed by atoms with van der Waals surface area (Å²) in [7, 11) is -3.98. The molecule has 2 heterocycles. The number of nitrogens with one attached hydrogen (secondary N) is 2. The molecule has 1 aromatic carbocycles. The number of carbonyl (C=O) groups excluding carboxylic acids is 1. The Labute approximate surface area is 112 Å². The van der Waals surface area contributed by atoms with Gasteiger partial charge in [0.05, 0.1) is 10.5 Å². The lowest BCUT2D eigenvalue weighted by atomic mass is 10.1. The summed E-state index contributed by atoms with van der Waals surface area (Å²) in [6, 6.07) is 5.77. The van der Waals surface area contributed by atoms with Crippen molar-refractivity contribution in [1.82, 2.24) is 9.97 Å². The Hall–Kier alpha value is -2.48. The first-order valence-electron chi connectivity index (χ1n) is 5.62. The van der Waals surface area contributed by atoms with Crippen LogP contribution in [0.5, 0.6) is 0 Å². The molecule has 8 heteroatoms. The Kier molecular flexibility index (Phi) is 2.51. The fraction of sp³-hybridized carbons (Fsp3) is 0.0833. The number of hydrogen-bond acceptors (Lipinski definition) is 5. The lowest BCUT2D eigenvalue weighted by Crippen LogP contribution is -2.29. The second-order valence-electron chi connectivity index (χ2n) is 4.31. The van der Waals surface area contributed by atoms with E-state index in [1.807, 2.05) is 4.98 Å². The zero-order valence-electron chi connectivity index (χ0n) is 9.91. The third kappa shape index (κ3) is 1.58. The zero-order chi connectivity index (χ0) is 14.5.